The number of aromatic nitrogens is 2. The lowest BCUT2D eigenvalue weighted by molar-refractivity contribution is -0.704. The number of H-pyrrole nitrogens is 1. The minimum atomic E-state index is -0.553. The van der Waals surface area contributed by atoms with E-state index in [0.29, 0.717) is 10.6 Å². The highest BCUT2D eigenvalue weighted by Gasteiger charge is 2.28. The summed E-state index contributed by atoms with van der Waals surface area (Å²) in [5, 5.41) is 6.24. The number of rotatable bonds is 6. The fraction of sp³-hybridized carbons (Fsp3) is 0.391. The molecule has 0 saturated heterocycles. The van der Waals surface area contributed by atoms with E-state index in [9.17, 15) is 14.4 Å². The van der Waals surface area contributed by atoms with E-state index in [-0.39, 0.29) is 16.7 Å². The van der Waals surface area contributed by atoms with Crippen LogP contribution in [-0.2, 0) is 22.4 Å². The second-order valence-corrected chi connectivity index (χ2v) is 9.98. The molecule has 1 amide bonds. The molecule has 0 unspecified atom stereocenters. The monoisotopic (exact) mass is 488 g/mol. The molecule has 0 radical (unpaired) electrons. The van der Waals surface area contributed by atoms with E-state index in [2.05, 4.69) is 10.6 Å². The highest BCUT2D eigenvalue weighted by Crippen LogP contribution is 2.37. The van der Waals surface area contributed by atoms with Gasteiger partial charge < -0.3 is 10.1 Å². The van der Waals surface area contributed by atoms with Crippen LogP contribution in [0.2, 0.25) is 0 Å². The van der Waals surface area contributed by atoms with Crippen molar-refractivity contribution in [2.45, 2.75) is 50.5 Å². The largest absolute Gasteiger partial charge is 0.465 e. The Kier molecular flexibility index (Phi) is 7.34. The van der Waals surface area contributed by atoms with Gasteiger partial charge in [-0.3, -0.25) is 9.32 Å². The van der Waals surface area contributed by atoms with Gasteiger partial charge in [0.1, 0.15) is 5.00 Å². The number of aryl methyl sites for hydroxylation is 2. The number of thioether (sulfide) groups is 1. The van der Waals surface area contributed by atoms with Gasteiger partial charge >= 0.3 is 16.6 Å². The summed E-state index contributed by atoms with van der Waals surface area (Å²) in [4.78, 5) is 38.7. The topological polar surface area (TPSA) is 105 Å². The van der Waals surface area contributed by atoms with Crippen LogP contribution in [-0.4, -0.2) is 30.0 Å². The fourth-order valence-corrected chi connectivity index (χ4v) is 5.94. The second-order valence-electron chi connectivity index (χ2n) is 7.91. The number of hydrogen-bond donors (Lipinski definition) is 2. The maximum Gasteiger partial charge on any atom is 0.442 e. The molecule has 2 heterocycles. The Bertz CT molecular complexity index is 1210. The number of carbonyl (C=O) groups is 2. The number of methoxy groups -OCH3 is 1. The lowest BCUT2D eigenvalue weighted by Crippen LogP contribution is -2.36. The van der Waals surface area contributed by atoms with Crippen molar-refractivity contribution in [3.05, 3.63) is 56.3 Å². The molecule has 0 atom stereocenters. The molecule has 174 valence electrons. The zero-order chi connectivity index (χ0) is 23.4. The first-order valence-corrected chi connectivity index (χ1v) is 12.6. The molecule has 33 heavy (non-hydrogen) atoms. The van der Waals surface area contributed by atoms with Crippen LogP contribution in [0.15, 0.2) is 38.6 Å². The SMILES string of the molecule is COC(=O)c1c(NC(=O)CSc2c(=O)o[nH][n+]2-c2ccc(C)cc2)sc2c1CCCCCC2. The third-order valence-electron chi connectivity index (χ3n) is 5.55. The van der Waals surface area contributed by atoms with Gasteiger partial charge in [-0.1, -0.05) is 30.5 Å². The lowest BCUT2D eigenvalue weighted by atomic mass is 9.96. The maximum absolute atomic E-state index is 12.8. The average molecular weight is 489 g/mol. The predicted molar refractivity (Wildman–Crippen MR) is 126 cm³/mol. The molecule has 3 aromatic rings. The van der Waals surface area contributed by atoms with Crippen LogP contribution < -0.4 is 15.6 Å². The summed E-state index contributed by atoms with van der Waals surface area (Å²) in [5.41, 5.74) is 2.72. The van der Waals surface area contributed by atoms with E-state index in [1.165, 1.54) is 29.5 Å². The van der Waals surface area contributed by atoms with Crippen molar-refractivity contribution in [2.24, 2.45) is 0 Å². The molecule has 8 nitrogen and oxygen atoms in total. The van der Waals surface area contributed by atoms with Crippen LogP contribution in [0.5, 0.6) is 0 Å². The van der Waals surface area contributed by atoms with E-state index >= 15 is 0 Å². The molecule has 1 aliphatic rings. The number of thiophene rings is 1. The normalized spacial score (nSPS) is 13.6. The maximum atomic E-state index is 12.8. The van der Waals surface area contributed by atoms with Gasteiger partial charge in [-0.05, 0) is 59.9 Å². The van der Waals surface area contributed by atoms with E-state index in [4.69, 9.17) is 9.26 Å². The third-order valence-corrected chi connectivity index (χ3v) is 7.79. The second kappa shape index (κ2) is 10.4. The van der Waals surface area contributed by atoms with Crippen molar-refractivity contribution in [2.75, 3.05) is 18.2 Å². The van der Waals surface area contributed by atoms with Gasteiger partial charge in [-0.15, -0.1) is 11.3 Å². The van der Waals surface area contributed by atoms with Crippen LogP contribution in [0.1, 0.15) is 52.0 Å². The van der Waals surface area contributed by atoms with Crippen molar-refractivity contribution in [3.63, 3.8) is 0 Å². The molecule has 4 rings (SSSR count). The minimum absolute atomic E-state index is 0.0162. The minimum Gasteiger partial charge on any atom is -0.465 e. The number of aromatic amines is 1. The molecule has 0 bridgehead atoms. The number of esters is 1. The van der Waals surface area contributed by atoms with Crippen LogP contribution in [0.25, 0.3) is 5.69 Å². The summed E-state index contributed by atoms with van der Waals surface area (Å²) in [7, 11) is 1.35. The Morgan fingerprint density at radius 2 is 1.91 bits per heavy atom. The Morgan fingerprint density at radius 1 is 1.18 bits per heavy atom. The first-order chi connectivity index (χ1) is 16.0. The van der Waals surface area contributed by atoms with E-state index in [1.54, 1.807) is 0 Å². The third kappa shape index (κ3) is 5.22. The van der Waals surface area contributed by atoms with E-state index in [0.717, 1.165) is 65.6 Å². The Hall–Kier alpha value is -2.85. The lowest BCUT2D eigenvalue weighted by Gasteiger charge is -2.10. The highest BCUT2D eigenvalue weighted by molar-refractivity contribution is 7.99. The highest BCUT2D eigenvalue weighted by atomic mass is 32.2. The van der Waals surface area contributed by atoms with Crippen molar-refractivity contribution in [1.29, 1.82) is 0 Å². The molecule has 1 aliphatic carbocycles. The van der Waals surface area contributed by atoms with Gasteiger partial charge in [-0.25, -0.2) is 9.59 Å². The number of carbonyl (C=O) groups excluding carboxylic acids is 2. The molecule has 10 heteroatoms. The number of anilines is 1. The average Bonchev–Trinajstić information content (AvgIpc) is 3.31. The van der Waals surface area contributed by atoms with Crippen LogP contribution in [0.3, 0.4) is 0 Å². The zero-order valence-electron chi connectivity index (χ0n) is 18.6. The number of hydrogen-bond acceptors (Lipinski definition) is 7. The van der Waals surface area contributed by atoms with Gasteiger partial charge in [-0.2, -0.15) is 0 Å². The first kappa shape index (κ1) is 23.3. The summed E-state index contributed by atoms with van der Waals surface area (Å²) >= 11 is 2.52. The van der Waals surface area contributed by atoms with Crippen LogP contribution in [0, 0.1) is 6.92 Å². The smallest absolute Gasteiger partial charge is 0.442 e. The number of nitrogens with zero attached hydrogens (tertiary/aromatic N) is 1. The van der Waals surface area contributed by atoms with Gasteiger partial charge in [0.2, 0.25) is 11.6 Å². The Balaban J connectivity index is 1.52. The molecule has 1 aromatic carbocycles. The molecule has 0 fully saturated rings. The Morgan fingerprint density at radius 3 is 2.64 bits per heavy atom. The van der Waals surface area contributed by atoms with Crippen LogP contribution in [0.4, 0.5) is 5.00 Å². The molecule has 0 aliphatic heterocycles. The summed E-state index contributed by atoms with van der Waals surface area (Å²) in [6.45, 7) is 1.97. The van der Waals surface area contributed by atoms with Crippen LogP contribution >= 0.6 is 23.1 Å². The number of amides is 1. The number of fused-ring (bicyclic) bond motifs is 1. The standard InChI is InChI=1S/C23H25N3O5S2/c1-14-9-11-15(12-10-14)26-21(23(29)31-25-26)32-13-18(27)24-20-19(22(28)30-2)16-7-5-3-4-6-8-17(16)33-20/h9-12H,3-8,13H2,1-2H3,(H-,24,25,27,28,29)/p+1. The molecular weight excluding hydrogens is 462 g/mol. The summed E-state index contributed by atoms with van der Waals surface area (Å²) in [6.07, 6.45) is 6.09. The van der Waals surface area contributed by atoms with Gasteiger partial charge in [0.05, 0.1) is 18.4 Å². The van der Waals surface area contributed by atoms with Crippen molar-refractivity contribution in [3.8, 4) is 5.69 Å². The quantitative estimate of drug-likeness (QED) is 0.311. The zero-order valence-corrected chi connectivity index (χ0v) is 20.2. The number of ether oxygens (including phenoxy) is 1. The fourth-order valence-electron chi connectivity index (χ4n) is 3.87. The molecule has 0 spiro atoms. The van der Waals surface area contributed by atoms with Gasteiger partial charge in [0, 0.05) is 17.0 Å². The first-order valence-electron chi connectivity index (χ1n) is 10.8. The molecule has 0 saturated carbocycles. The number of nitrogens with one attached hydrogen (secondary N) is 2. The molecule has 2 aromatic heterocycles. The van der Waals surface area contributed by atoms with Crippen molar-refractivity contribution >= 4 is 40.0 Å². The summed E-state index contributed by atoms with van der Waals surface area (Å²) < 4.78 is 11.5. The van der Waals surface area contributed by atoms with Crippen molar-refractivity contribution in [1.82, 2.24) is 5.27 Å². The number of benzene rings is 1. The van der Waals surface area contributed by atoms with E-state index in [1.807, 2.05) is 31.2 Å². The molecule has 2 N–H and O–H groups in total. The predicted octanol–water partition coefficient (Wildman–Crippen LogP) is 3.79. The molecular formula is C23H26N3O5S2+. The van der Waals surface area contributed by atoms with E-state index < -0.39 is 11.6 Å². The van der Waals surface area contributed by atoms with Gasteiger partial charge in [0.15, 0.2) is 0 Å². The summed E-state index contributed by atoms with van der Waals surface area (Å²) in [5.74, 6) is -0.757. The van der Waals surface area contributed by atoms with Gasteiger partial charge in [0.25, 0.3) is 0 Å². The summed E-state index contributed by atoms with van der Waals surface area (Å²) in [6, 6.07) is 7.56. The Labute approximate surface area is 199 Å². The van der Waals surface area contributed by atoms with Crippen molar-refractivity contribution < 1.29 is 23.5 Å².